The molecule has 1 aliphatic heterocycles. The lowest BCUT2D eigenvalue weighted by Crippen LogP contribution is -2.28. The van der Waals surface area contributed by atoms with Crippen LogP contribution in [0.5, 0.6) is 0 Å². The second kappa shape index (κ2) is 5.71. The molecule has 0 aliphatic carbocycles. The van der Waals surface area contributed by atoms with E-state index in [4.69, 9.17) is 15.7 Å². The van der Waals surface area contributed by atoms with Gasteiger partial charge in [-0.1, -0.05) is 17.3 Å². The SMILES string of the molecule is Cc1cccc(NC(=O)C2CCCO2)c1/C(N)=N/O. The second-order valence-electron chi connectivity index (χ2n) is 4.47. The third kappa shape index (κ3) is 2.85. The minimum atomic E-state index is -0.416. The number of hydrogen-bond donors (Lipinski definition) is 3. The standard InChI is InChI=1S/C13H17N3O3/c1-8-4-2-5-9(11(8)12(14)16-18)15-13(17)10-6-3-7-19-10/h2,4-5,10,18H,3,6-7H2,1H3,(H2,14,16)(H,15,17). The van der Waals surface area contributed by atoms with Gasteiger partial charge in [0.1, 0.15) is 6.10 Å². The molecule has 1 fully saturated rings. The monoisotopic (exact) mass is 263 g/mol. The van der Waals surface area contributed by atoms with Gasteiger partial charge < -0.3 is 21.0 Å². The molecule has 102 valence electrons. The fourth-order valence-electron chi connectivity index (χ4n) is 2.16. The van der Waals surface area contributed by atoms with E-state index in [1.807, 2.05) is 13.0 Å². The van der Waals surface area contributed by atoms with Crippen LogP contribution in [0.15, 0.2) is 23.4 Å². The number of nitrogens with two attached hydrogens (primary N) is 1. The number of nitrogens with zero attached hydrogens (tertiary/aromatic N) is 1. The summed E-state index contributed by atoms with van der Waals surface area (Å²) in [5.41, 5.74) is 7.51. The number of aryl methyl sites for hydroxylation is 1. The Kier molecular flexibility index (Phi) is 4.01. The first kappa shape index (κ1) is 13.4. The van der Waals surface area contributed by atoms with Crippen LogP contribution in [0.1, 0.15) is 24.0 Å². The molecule has 4 N–H and O–H groups in total. The minimum Gasteiger partial charge on any atom is -0.409 e. The lowest BCUT2D eigenvalue weighted by Gasteiger charge is -2.15. The predicted molar refractivity (Wildman–Crippen MR) is 71.3 cm³/mol. The van der Waals surface area contributed by atoms with Crippen molar-refractivity contribution >= 4 is 17.4 Å². The van der Waals surface area contributed by atoms with Crippen molar-refractivity contribution < 1.29 is 14.7 Å². The molecular weight excluding hydrogens is 246 g/mol. The summed E-state index contributed by atoms with van der Waals surface area (Å²) >= 11 is 0. The van der Waals surface area contributed by atoms with Crippen LogP contribution in [-0.2, 0) is 9.53 Å². The first-order valence-corrected chi connectivity index (χ1v) is 6.13. The van der Waals surface area contributed by atoms with Crippen molar-refractivity contribution in [3.63, 3.8) is 0 Å². The Morgan fingerprint density at radius 3 is 3.00 bits per heavy atom. The van der Waals surface area contributed by atoms with E-state index in [-0.39, 0.29) is 11.7 Å². The van der Waals surface area contributed by atoms with Crippen LogP contribution in [0.4, 0.5) is 5.69 Å². The van der Waals surface area contributed by atoms with E-state index >= 15 is 0 Å². The number of rotatable bonds is 3. The number of ether oxygens (including phenoxy) is 1. The summed E-state index contributed by atoms with van der Waals surface area (Å²) in [6, 6.07) is 5.34. The van der Waals surface area contributed by atoms with E-state index in [0.717, 1.165) is 18.4 Å². The number of carbonyl (C=O) groups excluding carboxylic acids is 1. The smallest absolute Gasteiger partial charge is 0.253 e. The predicted octanol–water partition coefficient (Wildman–Crippen LogP) is 1.21. The molecule has 1 aliphatic rings. The zero-order valence-electron chi connectivity index (χ0n) is 10.7. The van der Waals surface area contributed by atoms with E-state index < -0.39 is 6.10 Å². The highest BCUT2D eigenvalue weighted by Gasteiger charge is 2.24. The topological polar surface area (TPSA) is 96.9 Å². The summed E-state index contributed by atoms with van der Waals surface area (Å²) in [7, 11) is 0. The quantitative estimate of drug-likeness (QED) is 0.330. The zero-order valence-corrected chi connectivity index (χ0v) is 10.7. The molecule has 1 aromatic rings. The molecule has 1 aromatic carbocycles. The number of hydrogen-bond acceptors (Lipinski definition) is 4. The summed E-state index contributed by atoms with van der Waals surface area (Å²) in [4.78, 5) is 12.0. The molecule has 0 saturated carbocycles. The van der Waals surface area contributed by atoms with Crippen molar-refractivity contribution in [3.8, 4) is 0 Å². The number of amides is 1. The van der Waals surface area contributed by atoms with Crippen molar-refractivity contribution in [2.75, 3.05) is 11.9 Å². The number of amidine groups is 1. The van der Waals surface area contributed by atoms with Gasteiger partial charge in [-0.15, -0.1) is 0 Å². The first-order valence-electron chi connectivity index (χ1n) is 6.13. The molecule has 2 rings (SSSR count). The van der Waals surface area contributed by atoms with Crippen molar-refractivity contribution in [1.82, 2.24) is 0 Å². The highest BCUT2D eigenvalue weighted by Crippen LogP contribution is 2.21. The van der Waals surface area contributed by atoms with Gasteiger partial charge in [-0.2, -0.15) is 0 Å². The zero-order chi connectivity index (χ0) is 13.8. The van der Waals surface area contributed by atoms with Gasteiger partial charge in [0.2, 0.25) is 0 Å². The molecule has 0 radical (unpaired) electrons. The molecule has 0 spiro atoms. The fraction of sp³-hybridized carbons (Fsp3) is 0.385. The highest BCUT2D eigenvalue weighted by atomic mass is 16.5. The molecule has 6 heteroatoms. The summed E-state index contributed by atoms with van der Waals surface area (Å²) in [6.45, 7) is 2.44. The van der Waals surface area contributed by atoms with Gasteiger partial charge in [0, 0.05) is 12.2 Å². The molecule has 1 saturated heterocycles. The molecule has 0 bridgehead atoms. The van der Waals surface area contributed by atoms with Crippen molar-refractivity contribution in [1.29, 1.82) is 0 Å². The summed E-state index contributed by atoms with van der Waals surface area (Å²) in [5, 5.41) is 14.6. The van der Waals surface area contributed by atoms with Gasteiger partial charge in [-0.3, -0.25) is 4.79 Å². The van der Waals surface area contributed by atoms with Crippen LogP contribution >= 0.6 is 0 Å². The Balaban J connectivity index is 2.24. The molecule has 1 atom stereocenters. The van der Waals surface area contributed by atoms with Crippen molar-refractivity contribution in [2.24, 2.45) is 10.9 Å². The average Bonchev–Trinajstić information content (AvgIpc) is 2.92. The van der Waals surface area contributed by atoms with Crippen LogP contribution in [-0.4, -0.2) is 29.7 Å². The van der Waals surface area contributed by atoms with E-state index in [1.54, 1.807) is 12.1 Å². The van der Waals surface area contributed by atoms with Gasteiger partial charge in [0.15, 0.2) is 5.84 Å². The van der Waals surface area contributed by atoms with Gasteiger partial charge >= 0.3 is 0 Å². The van der Waals surface area contributed by atoms with Crippen molar-refractivity contribution in [3.05, 3.63) is 29.3 Å². The third-order valence-corrected chi connectivity index (χ3v) is 3.12. The Hall–Kier alpha value is -2.08. The number of nitrogens with one attached hydrogen (secondary N) is 1. The van der Waals surface area contributed by atoms with E-state index in [2.05, 4.69) is 10.5 Å². The number of carbonyl (C=O) groups is 1. The molecule has 1 amide bonds. The van der Waals surface area contributed by atoms with E-state index in [1.165, 1.54) is 0 Å². The van der Waals surface area contributed by atoms with Gasteiger partial charge in [-0.05, 0) is 31.4 Å². The lowest BCUT2D eigenvalue weighted by atomic mass is 10.1. The number of anilines is 1. The van der Waals surface area contributed by atoms with Crippen LogP contribution in [0, 0.1) is 6.92 Å². The Morgan fingerprint density at radius 2 is 2.37 bits per heavy atom. The molecule has 0 aromatic heterocycles. The summed E-state index contributed by atoms with van der Waals surface area (Å²) < 4.78 is 5.32. The third-order valence-electron chi connectivity index (χ3n) is 3.12. The maximum Gasteiger partial charge on any atom is 0.253 e. The fourth-order valence-corrected chi connectivity index (χ4v) is 2.16. The Morgan fingerprint density at radius 1 is 1.58 bits per heavy atom. The number of benzene rings is 1. The maximum atomic E-state index is 12.0. The highest BCUT2D eigenvalue weighted by molar-refractivity contribution is 6.07. The van der Waals surface area contributed by atoms with Gasteiger partial charge in [0.25, 0.3) is 5.91 Å². The normalized spacial score (nSPS) is 19.4. The molecular formula is C13H17N3O3. The Bertz CT molecular complexity index is 508. The lowest BCUT2D eigenvalue weighted by molar-refractivity contribution is -0.124. The second-order valence-corrected chi connectivity index (χ2v) is 4.47. The number of oxime groups is 1. The van der Waals surface area contributed by atoms with Gasteiger partial charge in [-0.25, -0.2) is 0 Å². The van der Waals surface area contributed by atoms with Crippen LogP contribution < -0.4 is 11.1 Å². The molecule has 1 heterocycles. The van der Waals surface area contributed by atoms with Crippen LogP contribution in [0.3, 0.4) is 0 Å². The molecule has 6 nitrogen and oxygen atoms in total. The minimum absolute atomic E-state index is 0.0271. The van der Waals surface area contributed by atoms with Crippen LogP contribution in [0.25, 0.3) is 0 Å². The van der Waals surface area contributed by atoms with E-state index in [0.29, 0.717) is 17.9 Å². The van der Waals surface area contributed by atoms with E-state index in [9.17, 15) is 4.79 Å². The first-order chi connectivity index (χ1) is 9.13. The average molecular weight is 263 g/mol. The maximum absolute atomic E-state index is 12.0. The summed E-state index contributed by atoms with van der Waals surface area (Å²) in [5.74, 6) is -0.226. The summed E-state index contributed by atoms with van der Waals surface area (Å²) in [6.07, 6.45) is 1.19. The largest absolute Gasteiger partial charge is 0.409 e. The molecule has 19 heavy (non-hydrogen) atoms. The van der Waals surface area contributed by atoms with Crippen LogP contribution in [0.2, 0.25) is 0 Å². The van der Waals surface area contributed by atoms with Crippen molar-refractivity contribution in [2.45, 2.75) is 25.9 Å². The van der Waals surface area contributed by atoms with Gasteiger partial charge in [0.05, 0.1) is 5.69 Å². The molecule has 1 unspecified atom stereocenters. The Labute approximate surface area is 111 Å².